The maximum absolute atomic E-state index is 11.3. The Morgan fingerprint density at radius 1 is 1.23 bits per heavy atom. The molecule has 0 heterocycles. The average molecular weight is 178 g/mol. The van der Waals surface area contributed by atoms with E-state index in [1.807, 2.05) is 13.8 Å². The summed E-state index contributed by atoms with van der Waals surface area (Å²) in [5.41, 5.74) is 0.464. The van der Waals surface area contributed by atoms with Gasteiger partial charge in [-0.25, -0.2) is 0 Å². The van der Waals surface area contributed by atoms with Crippen LogP contribution in [0.3, 0.4) is 0 Å². The molecule has 2 heteroatoms. The molecular weight excluding hydrogens is 164 g/mol. The predicted molar refractivity (Wildman–Crippen MR) is 51.8 cm³/mol. The zero-order valence-corrected chi connectivity index (χ0v) is 8.16. The summed E-state index contributed by atoms with van der Waals surface area (Å²) < 4.78 is 0. The van der Waals surface area contributed by atoms with Crippen molar-refractivity contribution < 1.29 is 9.90 Å². The topological polar surface area (TPSA) is 37.3 Å². The van der Waals surface area contributed by atoms with E-state index >= 15 is 0 Å². The van der Waals surface area contributed by atoms with Gasteiger partial charge in [-0.3, -0.25) is 4.79 Å². The molecule has 1 rings (SSSR count). The number of rotatable bonds is 2. The van der Waals surface area contributed by atoms with Crippen LogP contribution in [0.15, 0.2) is 24.3 Å². The molecule has 1 N–H and O–H groups in total. The molecule has 0 saturated carbocycles. The minimum absolute atomic E-state index is 0.123. The minimum Gasteiger partial charge on any atom is -0.508 e. The molecule has 0 unspecified atom stereocenters. The number of carbonyl (C=O) groups is 1. The second-order valence-corrected chi connectivity index (χ2v) is 3.73. The van der Waals surface area contributed by atoms with Crippen LogP contribution in [-0.2, 0) is 10.2 Å². The van der Waals surface area contributed by atoms with Gasteiger partial charge in [0.25, 0.3) is 0 Å². The Morgan fingerprint density at radius 2 is 1.69 bits per heavy atom. The average Bonchev–Trinajstić information content (AvgIpc) is 2.04. The Bertz CT molecular complexity index is 309. The lowest BCUT2D eigenvalue weighted by Gasteiger charge is -2.21. The van der Waals surface area contributed by atoms with Gasteiger partial charge in [-0.1, -0.05) is 12.1 Å². The second-order valence-electron chi connectivity index (χ2n) is 3.73. The molecule has 0 atom stereocenters. The van der Waals surface area contributed by atoms with Crippen molar-refractivity contribution in [3.8, 4) is 5.75 Å². The van der Waals surface area contributed by atoms with Crippen molar-refractivity contribution >= 4 is 5.78 Å². The molecule has 0 amide bonds. The largest absolute Gasteiger partial charge is 0.508 e. The molecule has 0 aliphatic heterocycles. The van der Waals surface area contributed by atoms with Gasteiger partial charge in [0.2, 0.25) is 0 Å². The summed E-state index contributed by atoms with van der Waals surface area (Å²) in [6.45, 7) is 5.33. The van der Waals surface area contributed by atoms with Gasteiger partial charge in [-0.15, -0.1) is 0 Å². The van der Waals surface area contributed by atoms with Gasteiger partial charge in [0.15, 0.2) is 0 Å². The van der Waals surface area contributed by atoms with E-state index in [0.29, 0.717) is 0 Å². The van der Waals surface area contributed by atoms with Gasteiger partial charge in [0.05, 0.1) is 0 Å². The highest BCUT2D eigenvalue weighted by Crippen LogP contribution is 2.25. The third-order valence-corrected chi connectivity index (χ3v) is 2.47. The Labute approximate surface area is 78.2 Å². The first kappa shape index (κ1) is 9.78. The maximum Gasteiger partial charge on any atom is 0.139 e. The summed E-state index contributed by atoms with van der Waals surface area (Å²) in [4.78, 5) is 11.3. The van der Waals surface area contributed by atoms with Gasteiger partial charge >= 0.3 is 0 Å². The van der Waals surface area contributed by atoms with Gasteiger partial charge in [-0.2, -0.15) is 0 Å². The van der Waals surface area contributed by atoms with Crippen molar-refractivity contribution in [3.63, 3.8) is 0 Å². The number of aromatic hydroxyl groups is 1. The fourth-order valence-corrected chi connectivity index (χ4v) is 1.08. The standard InChI is InChI=1S/C11H14O2/c1-8(12)11(2,3)9-4-6-10(13)7-5-9/h4-7,13H,1-3H3. The number of Topliss-reactive ketones (excluding diaryl/α,β-unsaturated/α-hetero) is 1. The normalized spacial score (nSPS) is 11.3. The molecule has 0 bridgehead atoms. The van der Waals surface area contributed by atoms with Crippen LogP contribution in [0.2, 0.25) is 0 Å². The number of hydrogen-bond donors (Lipinski definition) is 1. The van der Waals surface area contributed by atoms with E-state index in [4.69, 9.17) is 5.11 Å². The van der Waals surface area contributed by atoms with Crippen molar-refractivity contribution in [2.45, 2.75) is 26.2 Å². The van der Waals surface area contributed by atoms with Crippen molar-refractivity contribution in [2.75, 3.05) is 0 Å². The third kappa shape index (κ3) is 1.89. The lowest BCUT2D eigenvalue weighted by molar-refractivity contribution is -0.121. The van der Waals surface area contributed by atoms with Crippen LogP contribution >= 0.6 is 0 Å². The molecule has 1 aromatic carbocycles. The third-order valence-electron chi connectivity index (χ3n) is 2.47. The van der Waals surface area contributed by atoms with Crippen molar-refractivity contribution in [1.82, 2.24) is 0 Å². The predicted octanol–water partition coefficient (Wildman–Crippen LogP) is 2.26. The van der Waals surface area contributed by atoms with Crippen LogP contribution in [0.4, 0.5) is 0 Å². The molecule has 0 saturated heterocycles. The molecule has 13 heavy (non-hydrogen) atoms. The monoisotopic (exact) mass is 178 g/mol. The molecule has 0 aliphatic rings. The molecule has 70 valence electrons. The van der Waals surface area contributed by atoms with E-state index in [-0.39, 0.29) is 11.5 Å². The van der Waals surface area contributed by atoms with E-state index in [1.165, 1.54) is 0 Å². The number of phenols is 1. The van der Waals surface area contributed by atoms with E-state index in [9.17, 15) is 4.79 Å². The number of ketones is 1. The SMILES string of the molecule is CC(=O)C(C)(C)c1ccc(O)cc1. The minimum atomic E-state index is -0.465. The molecular formula is C11H14O2. The summed E-state index contributed by atoms with van der Waals surface area (Å²) in [7, 11) is 0. The molecule has 1 aromatic rings. The summed E-state index contributed by atoms with van der Waals surface area (Å²) in [5, 5.41) is 9.08. The van der Waals surface area contributed by atoms with Crippen molar-refractivity contribution in [2.24, 2.45) is 0 Å². The quantitative estimate of drug-likeness (QED) is 0.754. The van der Waals surface area contributed by atoms with Crippen LogP contribution in [0.1, 0.15) is 26.3 Å². The van der Waals surface area contributed by atoms with Gasteiger partial charge in [-0.05, 0) is 38.5 Å². The van der Waals surface area contributed by atoms with Crippen molar-refractivity contribution in [3.05, 3.63) is 29.8 Å². The van der Waals surface area contributed by atoms with Gasteiger partial charge in [0.1, 0.15) is 11.5 Å². The molecule has 0 aliphatic carbocycles. The number of hydrogen-bond acceptors (Lipinski definition) is 2. The highest BCUT2D eigenvalue weighted by Gasteiger charge is 2.25. The Balaban J connectivity index is 3.08. The summed E-state index contributed by atoms with van der Waals surface area (Å²) in [6, 6.07) is 6.74. The first-order valence-electron chi connectivity index (χ1n) is 4.25. The lowest BCUT2D eigenvalue weighted by Crippen LogP contribution is -2.26. The molecule has 0 aromatic heterocycles. The smallest absolute Gasteiger partial charge is 0.139 e. The fourth-order valence-electron chi connectivity index (χ4n) is 1.08. The van der Waals surface area contributed by atoms with Crippen LogP contribution in [0.25, 0.3) is 0 Å². The summed E-state index contributed by atoms with van der Waals surface area (Å²) in [6.07, 6.45) is 0. The molecule has 0 fully saturated rings. The first-order valence-corrected chi connectivity index (χ1v) is 4.25. The van der Waals surface area contributed by atoms with E-state index in [0.717, 1.165) is 5.56 Å². The van der Waals surface area contributed by atoms with E-state index in [2.05, 4.69) is 0 Å². The van der Waals surface area contributed by atoms with Gasteiger partial charge < -0.3 is 5.11 Å². The van der Waals surface area contributed by atoms with Crippen LogP contribution < -0.4 is 0 Å². The number of carbonyl (C=O) groups excluding carboxylic acids is 1. The summed E-state index contributed by atoms with van der Waals surface area (Å²) in [5.74, 6) is 0.348. The van der Waals surface area contributed by atoms with Gasteiger partial charge in [0, 0.05) is 5.41 Å². The lowest BCUT2D eigenvalue weighted by atomic mass is 9.81. The Morgan fingerprint density at radius 3 is 2.08 bits per heavy atom. The highest BCUT2D eigenvalue weighted by molar-refractivity contribution is 5.87. The number of benzene rings is 1. The zero-order chi connectivity index (χ0) is 10.1. The maximum atomic E-state index is 11.3. The highest BCUT2D eigenvalue weighted by atomic mass is 16.3. The van der Waals surface area contributed by atoms with E-state index in [1.54, 1.807) is 31.2 Å². The summed E-state index contributed by atoms with van der Waals surface area (Å²) >= 11 is 0. The van der Waals surface area contributed by atoms with E-state index < -0.39 is 5.41 Å². The van der Waals surface area contributed by atoms with Crippen LogP contribution in [0, 0.1) is 0 Å². The fraction of sp³-hybridized carbons (Fsp3) is 0.364. The zero-order valence-electron chi connectivity index (χ0n) is 8.16. The van der Waals surface area contributed by atoms with Crippen molar-refractivity contribution in [1.29, 1.82) is 0 Å². The first-order chi connectivity index (χ1) is 5.94. The Kier molecular flexibility index (Phi) is 2.41. The molecule has 0 spiro atoms. The van der Waals surface area contributed by atoms with Crippen LogP contribution in [0.5, 0.6) is 5.75 Å². The number of phenolic OH excluding ortho intramolecular Hbond substituents is 1. The van der Waals surface area contributed by atoms with Crippen LogP contribution in [-0.4, -0.2) is 10.9 Å². The Hall–Kier alpha value is -1.31. The molecule has 2 nitrogen and oxygen atoms in total. The molecule has 0 radical (unpaired) electrons. The second kappa shape index (κ2) is 3.21.